The number of halogens is 1. The van der Waals surface area contributed by atoms with Crippen molar-refractivity contribution < 1.29 is 13.9 Å². The fraction of sp³-hybridized carbons (Fsp3) is 0.250. The molecule has 0 aliphatic carbocycles. The van der Waals surface area contributed by atoms with E-state index in [9.17, 15) is 9.18 Å². The average Bonchev–Trinajstić information content (AvgIpc) is 2.70. The molecule has 2 aromatic carbocycles. The van der Waals surface area contributed by atoms with Crippen LogP contribution < -0.4 is 15.4 Å². The van der Waals surface area contributed by atoms with Gasteiger partial charge in [0.05, 0.1) is 29.7 Å². The number of hydrogen-bond acceptors (Lipinski definition) is 4. The minimum atomic E-state index is -0.283. The summed E-state index contributed by atoms with van der Waals surface area (Å²) in [6, 6.07) is 13.7. The Kier molecular flexibility index (Phi) is 6.35. The number of carbonyl (C=O) groups excluding carboxylic acids is 1. The molecule has 6 heteroatoms. The van der Waals surface area contributed by atoms with E-state index < -0.39 is 0 Å². The predicted octanol–water partition coefficient (Wildman–Crippen LogP) is 5.97. The molecule has 1 heterocycles. The second-order valence-corrected chi connectivity index (χ2v) is 7.50. The van der Waals surface area contributed by atoms with Crippen LogP contribution in [0, 0.1) is 19.7 Å². The zero-order valence-corrected chi connectivity index (χ0v) is 17.8. The molecule has 1 amide bonds. The maximum atomic E-state index is 13.7. The second-order valence-electron chi connectivity index (χ2n) is 7.50. The van der Waals surface area contributed by atoms with Gasteiger partial charge in [-0.15, -0.1) is 0 Å². The van der Waals surface area contributed by atoms with Crippen molar-refractivity contribution in [3.05, 3.63) is 76.7 Å². The highest BCUT2D eigenvalue weighted by molar-refractivity contribution is 6.08. The number of aryl methyl sites for hydroxylation is 2. The Morgan fingerprint density at radius 3 is 2.40 bits per heavy atom. The van der Waals surface area contributed by atoms with E-state index in [2.05, 4.69) is 15.6 Å². The summed E-state index contributed by atoms with van der Waals surface area (Å²) in [5, 5.41) is 6.24. The molecule has 1 aromatic heterocycles. The SMILES string of the molecule is COc1ccc(NC(=O)c2ccc(C)cc2Nc2ccc(F)cc2C(C)C)c(C)n1. The molecule has 3 aromatic rings. The first-order valence-corrected chi connectivity index (χ1v) is 9.78. The number of nitrogens with zero attached hydrogens (tertiary/aromatic N) is 1. The van der Waals surface area contributed by atoms with Gasteiger partial charge in [0, 0.05) is 11.8 Å². The molecule has 0 atom stereocenters. The van der Waals surface area contributed by atoms with Crippen LogP contribution in [-0.2, 0) is 0 Å². The number of pyridine rings is 1. The number of methoxy groups -OCH3 is 1. The molecule has 0 bridgehead atoms. The van der Waals surface area contributed by atoms with Gasteiger partial charge in [0.15, 0.2) is 0 Å². The van der Waals surface area contributed by atoms with Gasteiger partial charge in [0.2, 0.25) is 5.88 Å². The largest absolute Gasteiger partial charge is 0.481 e. The van der Waals surface area contributed by atoms with Crippen LogP contribution >= 0.6 is 0 Å². The van der Waals surface area contributed by atoms with E-state index in [1.807, 2.05) is 32.9 Å². The van der Waals surface area contributed by atoms with E-state index in [1.165, 1.54) is 12.1 Å². The van der Waals surface area contributed by atoms with E-state index in [0.29, 0.717) is 28.5 Å². The highest BCUT2D eigenvalue weighted by Crippen LogP contribution is 2.30. The summed E-state index contributed by atoms with van der Waals surface area (Å²) < 4.78 is 18.9. The van der Waals surface area contributed by atoms with Crippen LogP contribution in [-0.4, -0.2) is 18.0 Å². The molecule has 0 radical (unpaired) electrons. The van der Waals surface area contributed by atoms with E-state index in [0.717, 1.165) is 16.8 Å². The van der Waals surface area contributed by atoms with Crippen LogP contribution in [0.4, 0.5) is 21.5 Å². The van der Waals surface area contributed by atoms with E-state index >= 15 is 0 Å². The van der Waals surface area contributed by atoms with Crippen molar-refractivity contribution in [2.75, 3.05) is 17.7 Å². The van der Waals surface area contributed by atoms with Crippen molar-refractivity contribution in [2.45, 2.75) is 33.6 Å². The Labute approximate surface area is 176 Å². The molecule has 5 nitrogen and oxygen atoms in total. The summed E-state index contributed by atoms with van der Waals surface area (Å²) in [5.41, 5.74) is 5.02. The van der Waals surface area contributed by atoms with Crippen molar-refractivity contribution in [1.82, 2.24) is 4.98 Å². The first-order valence-electron chi connectivity index (χ1n) is 9.78. The molecular formula is C24H26FN3O2. The summed E-state index contributed by atoms with van der Waals surface area (Å²) in [4.78, 5) is 17.3. The first-order chi connectivity index (χ1) is 14.3. The van der Waals surface area contributed by atoms with Crippen LogP contribution in [0.5, 0.6) is 5.88 Å². The third kappa shape index (κ3) is 4.76. The fourth-order valence-electron chi connectivity index (χ4n) is 3.20. The lowest BCUT2D eigenvalue weighted by Crippen LogP contribution is -2.15. The van der Waals surface area contributed by atoms with Crippen molar-refractivity contribution in [1.29, 1.82) is 0 Å². The van der Waals surface area contributed by atoms with E-state index in [4.69, 9.17) is 4.74 Å². The summed E-state index contributed by atoms with van der Waals surface area (Å²) in [5.74, 6) is 0.0636. The number of aromatic nitrogens is 1. The van der Waals surface area contributed by atoms with Crippen LogP contribution in [0.25, 0.3) is 0 Å². The summed E-state index contributed by atoms with van der Waals surface area (Å²) in [6.45, 7) is 7.77. The Bertz CT molecular complexity index is 1080. The molecule has 156 valence electrons. The summed E-state index contributed by atoms with van der Waals surface area (Å²) >= 11 is 0. The summed E-state index contributed by atoms with van der Waals surface area (Å²) in [7, 11) is 1.55. The van der Waals surface area contributed by atoms with Gasteiger partial charge in [-0.2, -0.15) is 0 Å². The van der Waals surface area contributed by atoms with Crippen LogP contribution in [0.1, 0.15) is 46.9 Å². The molecular weight excluding hydrogens is 381 g/mol. The molecule has 30 heavy (non-hydrogen) atoms. The topological polar surface area (TPSA) is 63.2 Å². The molecule has 0 saturated heterocycles. The number of hydrogen-bond donors (Lipinski definition) is 2. The smallest absolute Gasteiger partial charge is 0.257 e. The highest BCUT2D eigenvalue weighted by atomic mass is 19.1. The van der Waals surface area contributed by atoms with Crippen LogP contribution in [0.15, 0.2) is 48.5 Å². The number of ether oxygens (including phenoxy) is 1. The lowest BCUT2D eigenvalue weighted by molar-refractivity contribution is 0.102. The lowest BCUT2D eigenvalue weighted by atomic mass is 10.00. The molecule has 0 fully saturated rings. The van der Waals surface area contributed by atoms with Gasteiger partial charge in [-0.25, -0.2) is 9.37 Å². The molecule has 3 rings (SSSR count). The summed E-state index contributed by atoms with van der Waals surface area (Å²) in [6.07, 6.45) is 0. The van der Waals surface area contributed by atoms with E-state index in [1.54, 1.807) is 38.3 Å². The number of carbonyl (C=O) groups is 1. The Morgan fingerprint density at radius 2 is 1.73 bits per heavy atom. The van der Waals surface area contributed by atoms with Crippen molar-refractivity contribution in [3.63, 3.8) is 0 Å². The minimum Gasteiger partial charge on any atom is -0.481 e. The molecule has 0 aliphatic heterocycles. The first kappa shape index (κ1) is 21.3. The van der Waals surface area contributed by atoms with Gasteiger partial charge in [0.1, 0.15) is 5.82 Å². The standard InChI is InChI=1S/C24H26FN3O2/c1-14(2)19-13-17(25)7-9-21(19)27-22-12-15(3)6-8-18(22)24(29)28-20-10-11-23(30-5)26-16(20)4/h6-14,27H,1-5H3,(H,28,29). The maximum Gasteiger partial charge on any atom is 0.257 e. The highest BCUT2D eigenvalue weighted by Gasteiger charge is 2.16. The lowest BCUT2D eigenvalue weighted by Gasteiger charge is -2.18. The number of anilines is 3. The Morgan fingerprint density at radius 1 is 1.00 bits per heavy atom. The van der Waals surface area contributed by atoms with Crippen molar-refractivity contribution in [2.24, 2.45) is 0 Å². The molecule has 0 unspecified atom stereocenters. The van der Waals surface area contributed by atoms with Crippen molar-refractivity contribution >= 4 is 23.0 Å². The Balaban J connectivity index is 1.93. The zero-order valence-electron chi connectivity index (χ0n) is 17.8. The molecule has 2 N–H and O–H groups in total. The van der Waals surface area contributed by atoms with Crippen LogP contribution in [0.2, 0.25) is 0 Å². The zero-order chi connectivity index (χ0) is 21.8. The number of nitrogens with one attached hydrogen (secondary N) is 2. The number of rotatable bonds is 6. The quantitative estimate of drug-likeness (QED) is 0.529. The van der Waals surface area contributed by atoms with Gasteiger partial charge in [0.25, 0.3) is 5.91 Å². The third-order valence-corrected chi connectivity index (χ3v) is 4.84. The van der Waals surface area contributed by atoms with Gasteiger partial charge < -0.3 is 15.4 Å². The average molecular weight is 407 g/mol. The van der Waals surface area contributed by atoms with Gasteiger partial charge >= 0.3 is 0 Å². The molecule has 0 saturated carbocycles. The maximum absolute atomic E-state index is 13.7. The second kappa shape index (κ2) is 8.95. The van der Waals surface area contributed by atoms with Crippen LogP contribution in [0.3, 0.4) is 0 Å². The third-order valence-electron chi connectivity index (χ3n) is 4.84. The molecule has 0 aliphatic rings. The van der Waals surface area contributed by atoms with Gasteiger partial charge in [-0.05, 0) is 67.3 Å². The van der Waals surface area contributed by atoms with E-state index in [-0.39, 0.29) is 17.6 Å². The van der Waals surface area contributed by atoms with Gasteiger partial charge in [-0.1, -0.05) is 19.9 Å². The normalized spacial score (nSPS) is 10.8. The fourth-order valence-corrected chi connectivity index (χ4v) is 3.20. The molecule has 0 spiro atoms. The Hall–Kier alpha value is -3.41. The monoisotopic (exact) mass is 407 g/mol. The number of amides is 1. The predicted molar refractivity (Wildman–Crippen MR) is 118 cm³/mol. The number of benzene rings is 2. The van der Waals surface area contributed by atoms with Gasteiger partial charge in [-0.3, -0.25) is 4.79 Å². The minimum absolute atomic E-state index is 0.123. The van der Waals surface area contributed by atoms with Crippen molar-refractivity contribution in [3.8, 4) is 5.88 Å².